The van der Waals surface area contributed by atoms with E-state index in [0.717, 1.165) is 11.3 Å². The summed E-state index contributed by atoms with van der Waals surface area (Å²) in [6.45, 7) is 1.71. The lowest BCUT2D eigenvalue weighted by Gasteiger charge is -2.17. The molecule has 0 amide bonds. The van der Waals surface area contributed by atoms with Crippen molar-refractivity contribution in [3.63, 3.8) is 0 Å². The molecule has 1 aliphatic heterocycles. The number of aromatic nitrogens is 1. The molecular weight excluding hydrogens is 354 g/mol. The number of nitrogens with zero attached hydrogens (tertiary/aromatic N) is 1. The number of benzene rings is 2. The number of carbonyl (C=O) groups is 2. The summed E-state index contributed by atoms with van der Waals surface area (Å²) in [6, 6.07) is 18.3. The van der Waals surface area contributed by atoms with Crippen LogP contribution in [0.3, 0.4) is 0 Å². The van der Waals surface area contributed by atoms with Gasteiger partial charge in [0, 0.05) is 39.9 Å². The van der Waals surface area contributed by atoms with Crippen LogP contribution in [0.1, 0.15) is 49.4 Å². The summed E-state index contributed by atoms with van der Waals surface area (Å²) in [4.78, 5) is 25.7. The first-order chi connectivity index (χ1) is 13.7. The first-order valence-electron chi connectivity index (χ1n) is 9.25. The first-order valence-corrected chi connectivity index (χ1v) is 9.25. The fourth-order valence-electron chi connectivity index (χ4n) is 3.82. The maximum atomic E-state index is 12.9. The Labute approximate surface area is 162 Å². The predicted molar refractivity (Wildman–Crippen MR) is 100 cm³/mol. The molecule has 5 rings (SSSR count). The lowest BCUT2D eigenvalue weighted by Crippen LogP contribution is -2.40. The van der Waals surface area contributed by atoms with Crippen molar-refractivity contribution in [1.29, 1.82) is 0 Å². The van der Waals surface area contributed by atoms with Crippen LogP contribution < -0.4 is 4.57 Å². The zero-order valence-electron chi connectivity index (χ0n) is 15.1. The zero-order chi connectivity index (χ0) is 19.1. The molecule has 0 N–H and O–H groups in total. The van der Waals surface area contributed by atoms with E-state index in [0.29, 0.717) is 42.0 Å². The van der Waals surface area contributed by atoms with Gasteiger partial charge in [0.1, 0.15) is 0 Å². The van der Waals surface area contributed by atoms with Crippen molar-refractivity contribution in [2.24, 2.45) is 0 Å². The summed E-state index contributed by atoms with van der Waals surface area (Å²) in [5.41, 5.74) is 3.74. The van der Waals surface area contributed by atoms with E-state index in [2.05, 4.69) is 0 Å². The molecule has 1 fully saturated rings. The molecule has 1 aromatic heterocycles. The van der Waals surface area contributed by atoms with Gasteiger partial charge in [-0.05, 0) is 18.2 Å². The third-order valence-electron chi connectivity index (χ3n) is 5.18. The number of fused-ring (bicyclic) bond motifs is 2. The molecule has 28 heavy (non-hydrogen) atoms. The van der Waals surface area contributed by atoms with Crippen LogP contribution in [-0.2, 0) is 16.0 Å². The molecule has 0 radical (unpaired) electrons. The minimum atomic E-state index is -0.381. The van der Waals surface area contributed by atoms with Gasteiger partial charge in [-0.2, -0.15) is 4.57 Å². The molecule has 2 heterocycles. The highest BCUT2D eigenvalue weighted by atomic mass is 16.7. The van der Waals surface area contributed by atoms with Crippen LogP contribution in [0.5, 0.6) is 0 Å². The molecule has 3 aromatic rings. The van der Waals surface area contributed by atoms with E-state index < -0.39 is 0 Å². The van der Waals surface area contributed by atoms with Crippen molar-refractivity contribution < 1.29 is 23.6 Å². The van der Waals surface area contributed by atoms with Gasteiger partial charge in [-0.1, -0.05) is 30.3 Å². The lowest BCUT2D eigenvalue weighted by molar-refractivity contribution is -0.701. The van der Waals surface area contributed by atoms with Crippen molar-refractivity contribution in [3.05, 3.63) is 100 Å². The number of ether oxygens (including phenoxy) is 2. The van der Waals surface area contributed by atoms with Gasteiger partial charge in [0.15, 0.2) is 24.3 Å². The number of pyridine rings is 1. The van der Waals surface area contributed by atoms with Gasteiger partial charge in [-0.15, -0.1) is 0 Å². The molecule has 1 saturated heterocycles. The largest absolute Gasteiger partial charge is 0.341 e. The summed E-state index contributed by atoms with van der Waals surface area (Å²) >= 11 is 0. The fraction of sp³-hybridized carbons (Fsp3) is 0.174. The van der Waals surface area contributed by atoms with Crippen LogP contribution in [0.15, 0.2) is 66.9 Å². The monoisotopic (exact) mass is 372 g/mol. The van der Waals surface area contributed by atoms with Crippen molar-refractivity contribution in [3.8, 4) is 0 Å². The summed E-state index contributed by atoms with van der Waals surface area (Å²) in [5, 5.41) is 0. The molecule has 0 spiro atoms. The highest BCUT2D eigenvalue weighted by molar-refractivity contribution is 6.28. The molecule has 2 aromatic carbocycles. The van der Waals surface area contributed by atoms with Crippen LogP contribution >= 0.6 is 0 Å². The van der Waals surface area contributed by atoms with E-state index in [9.17, 15) is 9.59 Å². The number of ketones is 2. The molecule has 2 aliphatic rings. The van der Waals surface area contributed by atoms with Crippen LogP contribution in [0.2, 0.25) is 0 Å². The van der Waals surface area contributed by atoms with Crippen molar-refractivity contribution in [2.45, 2.75) is 12.8 Å². The van der Waals surface area contributed by atoms with E-state index in [1.807, 2.05) is 41.1 Å². The van der Waals surface area contributed by atoms with E-state index >= 15 is 0 Å². The van der Waals surface area contributed by atoms with Gasteiger partial charge in [0.2, 0.25) is 12.0 Å². The highest BCUT2D eigenvalue weighted by Crippen LogP contribution is 2.28. The molecule has 0 atom stereocenters. The molecule has 5 heteroatoms. The zero-order valence-corrected chi connectivity index (χ0v) is 15.1. The third kappa shape index (κ3) is 2.76. The van der Waals surface area contributed by atoms with Crippen molar-refractivity contribution in [2.75, 3.05) is 13.2 Å². The van der Waals surface area contributed by atoms with E-state index in [1.165, 1.54) is 0 Å². The number of hydrogen-bond acceptors (Lipinski definition) is 4. The van der Waals surface area contributed by atoms with Crippen LogP contribution in [0.25, 0.3) is 0 Å². The minimum Gasteiger partial charge on any atom is -0.341 e. The topological polar surface area (TPSA) is 56.5 Å². The molecule has 0 bridgehead atoms. The Morgan fingerprint density at radius 1 is 0.786 bits per heavy atom. The lowest BCUT2D eigenvalue weighted by atomic mass is 9.83. The highest BCUT2D eigenvalue weighted by Gasteiger charge is 2.30. The second kappa shape index (κ2) is 6.78. The van der Waals surface area contributed by atoms with Gasteiger partial charge in [0.25, 0.3) is 0 Å². The standard InChI is InChI=1S/C23H18NO4/c25-21-16-5-1-2-6-17(16)22(26)19-13-15(8-9-18(19)21)14-24-10-4-3-7-20(24)23-27-11-12-28-23/h1-10,13,23H,11-12,14H2/q+1. The fourth-order valence-corrected chi connectivity index (χ4v) is 3.82. The van der Waals surface area contributed by atoms with Crippen molar-refractivity contribution >= 4 is 11.6 Å². The van der Waals surface area contributed by atoms with Crippen LogP contribution in [-0.4, -0.2) is 24.8 Å². The normalized spacial score (nSPS) is 16.1. The van der Waals surface area contributed by atoms with Crippen LogP contribution in [0.4, 0.5) is 0 Å². The quantitative estimate of drug-likeness (QED) is 0.519. The Hall–Kier alpha value is -3.15. The van der Waals surface area contributed by atoms with E-state index in [4.69, 9.17) is 9.47 Å². The Morgan fingerprint density at radius 2 is 1.43 bits per heavy atom. The van der Waals surface area contributed by atoms with Gasteiger partial charge < -0.3 is 9.47 Å². The van der Waals surface area contributed by atoms with Gasteiger partial charge in [-0.3, -0.25) is 9.59 Å². The molecular formula is C23H18NO4+. The summed E-state index contributed by atoms with van der Waals surface area (Å²) in [5.74, 6) is -0.203. The van der Waals surface area contributed by atoms with Gasteiger partial charge >= 0.3 is 0 Å². The van der Waals surface area contributed by atoms with Crippen molar-refractivity contribution in [1.82, 2.24) is 0 Å². The number of hydrogen-bond donors (Lipinski definition) is 0. The Morgan fingerprint density at radius 3 is 2.18 bits per heavy atom. The Balaban J connectivity index is 1.51. The average molecular weight is 372 g/mol. The average Bonchev–Trinajstić information content (AvgIpc) is 3.27. The minimum absolute atomic E-state index is 0.0995. The summed E-state index contributed by atoms with van der Waals surface area (Å²) in [7, 11) is 0. The first kappa shape index (κ1) is 17.0. The Bertz CT molecular complexity index is 1100. The van der Waals surface area contributed by atoms with E-state index in [1.54, 1.807) is 30.3 Å². The number of carbonyl (C=O) groups excluding carboxylic acids is 2. The maximum Gasteiger partial charge on any atom is 0.245 e. The van der Waals surface area contributed by atoms with Crippen LogP contribution in [0, 0.1) is 0 Å². The molecule has 5 nitrogen and oxygen atoms in total. The van der Waals surface area contributed by atoms with E-state index in [-0.39, 0.29) is 17.9 Å². The predicted octanol–water partition coefficient (Wildman–Crippen LogP) is 2.84. The summed E-state index contributed by atoms with van der Waals surface area (Å²) in [6.07, 6.45) is 1.58. The third-order valence-corrected chi connectivity index (χ3v) is 5.18. The molecule has 0 saturated carbocycles. The smallest absolute Gasteiger partial charge is 0.245 e. The summed E-state index contributed by atoms with van der Waals surface area (Å²) < 4.78 is 13.3. The molecule has 0 unspecified atom stereocenters. The number of rotatable bonds is 3. The maximum absolute atomic E-state index is 12.9. The van der Waals surface area contributed by atoms with Gasteiger partial charge in [-0.25, -0.2) is 0 Å². The second-order valence-corrected chi connectivity index (χ2v) is 6.91. The second-order valence-electron chi connectivity index (χ2n) is 6.91. The SMILES string of the molecule is O=C1c2ccccc2C(=O)c2cc(C[n+]3ccccc3C3OCCO3)ccc21. The van der Waals surface area contributed by atoms with Gasteiger partial charge in [0.05, 0.1) is 13.2 Å². The molecule has 138 valence electrons. The molecule has 1 aliphatic carbocycles. The Kier molecular flexibility index (Phi) is 4.11.